The standard InChI is InChI=1S/C59H110O5/c1-3-5-7-9-11-13-15-17-18-19-20-21-22-23-24-25-26-27-28-29-30-31-32-33-34-35-36-37-38-39-40-42-43-45-47-49-51-53-58(61)63-56-57(55-60)64-59(62)54-52-50-48-46-44-41-16-14-12-10-8-6-4-2/h6,8,12,14,41,44,57,60H,3-5,7,9-11,13,15-40,42-43,45-56H2,1-2H3/b8-6-,14-12-,44-41-. The molecule has 0 spiro atoms. The molecule has 0 heterocycles. The van der Waals surface area contributed by atoms with Gasteiger partial charge in [-0.05, 0) is 44.9 Å². The van der Waals surface area contributed by atoms with Crippen LogP contribution in [0.1, 0.15) is 309 Å². The van der Waals surface area contributed by atoms with Crippen LogP contribution in [0, 0.1) is 0 Å². The lowest BCUT2D eigenvalue weighted by Gasteiger charge is -2.15. The molecule has 0 saturated heterocycles. The fourth-order valence-electron chi connectivity index (χ4n) is 8.69. The summed E-state index contributed by atoms with van der Waals surface area (Å²) in [7, 11) is 0. The molecular formula is C59H110O5. The zero-order chi connectivity index (χ0) is 46.3. The van der Waals surface area contributed by atoms with E-state index in [9.17, 15) is 14.7 Å². The van der Waals surface area contributed by atoms with Gasteiger partial charge in [-0.25, -0.2) is 0 Å². The number of hydrogen-bond acceptors (Lipinski definition) is 5. The maximum absolute atomic E-state index is 12.2. The van der Waals surface area contributed by atoms with E-state index in [1.807, 2.05) is 0 Å². The van der Waals surface area contributed by atoms with Gasteiger partial charge in [-0.2, -0.15) is 0 Å². The van der Waals surface area contributed by atoms with Crippen molar-refractivity contribution in [2.45, 2.75) is 315 Å². The van der Waals surface area contributed by atoms with Crippen LogP contribution in [-0.2, 0) is 19.1 Å². The predicted octanol–water partition coefficient (Wildman–Crippen LogP) is 19.1. The van der Waals surface area contributed by atoms with Crippen LogP contribution in [0.5, 0.6) is 0 Å². The first-order chi connectivity index (χ1) is 31.6. The topological polar surface area (TPSA) is 72.8 Å². The highest BCUT2D eigenvalue weighted by Crippen LogP contribution is 2.18. The van der Waals surface area contributed by atoms with Crippen molar-refractivity contribution >= 4 is 11.9 Å². The molecule has 0 radical (unpaired) electrons. The third-order valence-electron chi connectivity index (χ3n) is 12.9. The van der Waals surface area contributed by atoms with Crippen molar-refractivity contribution in [1.29, 1.82) is 0 Å². The Kier molecular flexibility index (Phi) is 53.8. The number of rotatable bonds is 53. The molecule has 0 aromatic rings. The highest BCUT2D eigenvalue weighted by Gasteiger charge is 2.16. The summed E-state index contributed by atoms with van der Waals surface area (Å²) in [6.07, 6.45) is 71.6. The highest BCUT2D eigenvalue weighted by molar-refractivity contribution is 5.70. The van der Waals surface area contributed by atoms with Crippen molar-refractivity contribution in [2.24, 2.45) is 0 Å². The lowest BCUT2D eigenvalue weighted by molar-refractivity contribution is -0.161. The summed E-state index contributed by atoms with van der Waals surface area (Å²) in [5, 5.41) is 9.60. The van der Waals surface area contributed by atoms with E-state index in [0.29, 0.717) is 12.8 Å². The molecule has 0 aromatic carbocycles. The van der Waals surface area contributed by atoms with Gasteiger partial charge in [-0.1, -0.05) is 288 Å². The van der Waals surface area contributed by atoms with E-state index in [1.165, 1.54) is 218 Å². The average Bonchev–Trinajstić information content (AvgIpc) is 3.30. The second kappa shape index (κ2) is 55.4. The van der Waals surface area contributed by atoms with Gasteiger partial charge in [0, 0.05) is 12.8 Å². The molecule has 0 rings (SSSR count). The number of carbonyl (C=O) groups is 2. The summed E-state index contributed by atoms with van der Waals surface area (Å²) in [6, 6.07) is 0. The molecule has 64 heavy (non-hydrogen) atoms. The van der Waals surface area contributed by atoms with Gasteiger partial charge in [0.15, 0.2) is 6.10 Å². The molecule has 0 aromatic heterocycles. The first-order valence-electron chi connectivity index (χ1n) is 28.5. The zero-order valence-corrected chi connectivity index (χ0v) is 43.1. The number of aliphatic hydroxyl groups is 1. The second-order valence-electron chi connectivity index (χ2n) is 19.3. The number of aliphatic hydroxyl groups excluding tert-OH is 1. The Balaban J connectivity index is 3.35. The van der Waals surface area contributed by atoms with Crippen LogP contribution in [0.3, 0.4) is 0 Å². The Morgan fingerprint density at radius 1 is 0.375 bits per heavy atom. The van der Waals surface area contributed by atoms with E-state index < -0.39 is 6.10 Å². The number of esters is 2. The van der Waals surface area contributed by atoms with E-state index in [0.717, 1.165) is 64.2 Å². The number of hydrogen-bond donors (Lipinski definition) is 1. The molecular weight excluding hydrogens is 789 g/mol. The monoisotopic (exact) mass is 899 g/mol. The summed E-state index contributed by atoms with van der Waals surface area (Å²) >= 11 is 0. The van der Waals surface area contributed by atoms with Crippen molar-refractivity contribution in [2.75, 3.05) is 13.2 Å². The summed E-state index contributed by atoms with van der Waals surface area (Å²) < 4.78 is 10.6. The first kappa shape index (κ1) is 62.1. The molecule has 0 amide bonds. The lowest BCUT2D eigenvalue weighted by Crippen LogP contribution is -2.28. The number of carbonyl (C=O) groups excluding carboxylic acids is 2. The van der Waals surface area contributed by atoms with Crippen molar-refractivity contribution in [1.82, 2.24) is 0 Å². The van der Waals surface area contributed by atoms with E-state index in [-0.39, 0.29) is 25.2 Å². The number of unbranched alkanes of at least 4 members (excludes halogenated alkanes) is 39. The van der Waals surface area contributed by atoms with Crippen LogP contribution >= 0.6 is 0 Å². The highest BCUT2D eigenvalue weighted by atomic mass is 16.6. The minimum Gasteiger partial charge on any atom is -0.462 e. The first-order valence-corrected chi connectivity index (χ1v) is 28.5. The summed E-state index contributed by atoms with van der Waals surface area (Å²) in [5.41, 5.74) is 0. The molecule has 1 atom stereocenters. The normalized spacial score (nSPS) is 12.4. The fraction of sp³-hybridized carbons (Fsp3) is 0.864. The lowest BCUT2D eigenvalue weighted by atomic mass is 10.0. The molecule has 0 aliphatic heterocycles. The average molecular weight is 900 g/mol. The Morgan fingerprint density at radius 3 is 1.02 bits per heavy atom. The maximum atomic E-state index is 12.2. The Labute approximate surface area is 399 Å². The van der Waals surface area contributed by atoms with Gasteiger partial charge in [-0.15, -0.1) is 0 Å². The van der Waals surface area contributed by atoms with Crippen LogP contribution in [0.15, 0.2) is 36.5 Å². The summed E-state index contributed by atoms with van der Waals surface area (Å²) in [6.45, 7) is 4.03. The molecule has 0 fully saturated rings. The maximum Gasteiger partial charge on any atom is 0.306 e. The number of ether oxygens (including phenoxy) is 2. The SMILES string of the molecule is CC/C=C\C/C=C\C/C=C\CCCCCC(=O)OC(CO)COC(=O)CCCCCCCCCCCCCCCCCCCCCCCCCCCCCCCCCCCCCCC. The third kappa shape index (κ3) is 52.7. The van der Waals surface area contributed by atoms with Crippen LogP contribution in [0.2, 0.25) is 0 Å². The minimum absolute atomic E-state index is 0.0745. The Morgan fingerprint density at radius 2 is 0.672 bits per heavy atom. The van der Waals surface area contributed by atoms with Crippen molar-refractivity contribution in [3.8, 4) is 0 Å². The zero-order valence-electron chi connectivity index (χ0n) is 43.1. The third-order valence-corrected chi connectivity index (χ3v) is 12.9. The van der Waals surface area contributed by atoms with Gasteiger partial charge in [-0.3, -0.25) is 9.59 Å². The van der Waals surface area contributed by atoms with Crippen LogP contribution in [-0.4, -0.2) is 36.4 Å². The number of allylic oxidation sites excluding steroid dienone is 6. The van der Waals surface area contributed by atoms with Gasteiger partial charge in [0.2, 0.25) is 0 Å². The Bertz CT molecular complexity index is 1020. The summed E-state index contributed by atoms with van der Waals surface area (Å²) in [5.74, 6) is -0.613. The Hall–Kier alpha value is -1.88. The van der Waals surface area contributed by atoms with Crippen LogP contribution in [0.25, 0.3) is 0 Å². The minimum atomic E-state index is -0.785. The fourth-order valence-corrected chi connectivity index (χ4v) is 8.69. The predicted molar refractivity (Wildman–Crippen MR) is 279 cm³/mol. The van der Waals surface area contributed by atoms with E-state index in [2.05, 4.69) is 50.3 Å². The molecule has 376 valence electrons. The van der Waals surface area contributed by atoms with Crippen LogP contribution in [0.4, 0.5) is 0 Å². The molecule has 0 aliphatic rings. The molecule has 1 N–H and O–H groups in total. The second-order valence-corrected chi connectivity index (χ2v) is 19.3. The van der Waals surface area contributed by atoms with Crippen molar-refractivity contribution in [3.05, 3.63) is 36.5 Å². The van der Waals surface area contributed by atoms with Gasteiger partial charge in [0.25, 0.3) is 0 Å². The van der Waals surface area contributed by atoms with Crippen molar-refractivity contribution in [3.63, 3.8) is 0 Å². The van der Waals surface area contributed by atoms with Gasteiger partial charge >= 0.3 is 11.9 Å². The van der Waals surface area contributed by atoms with E-state index in [1.54, 1.807) is 0 Å². The van der Waals surface area contributed by atoms with Gasteiger partial charge in [0.05, 0.1) is 6.61 Å². The molecule has 5 nitrogen and oxygen atoms in total. The van der Waals surface area contributed by atoms with Crippen LogP contribution < -0.4 is 0 Å². The van der Waals surface area contributed by atoms with E-state index >= 15 is 0 Å². The van der Waals surface area contributed by atoms with E-state index in [4.69, 9.17) is 9.47 Å². The molecule has 0 aliphatic carbocycles. The largest absolute Gasteiger partial charge is 0.462 e. The molecule has 0 saturated carbocycles. The molecule has 1 unspecified atom stereocenters. The van der Waals surface area contributed by atoms with Gasteiger partial charge in [0.1, 0.15) is 6.61 Å². The smallest absolute Gasteiger partial charge is 0.306 e. The van der Waals surface area contributed by atoms with Gasteiger partial charge < -0.3 is 14.6 Å². The quantitative estimate of drug-likeness (QED) is 0.0374. The summed E-state index contributed by atoms with van der Waals surface area (Å²) in [4.78, 5) is 24.4. The molecule has 0 bridgehead atoms. The molecule has 5 heteroatoms. The van der Waals surface area contributed by atoms with Crippen molar-refractivity contribution < 1.29 is 24.2 Å².